The van der Waals surface area contributed by atoms with E-state index in [0.29, 0.717) is 12.4 Å². The van der Waals surface area contributed by atoms with E-state index in [1.165, 1.54) is 0 Å². The molecule has 2 atom stereocenters. The fourth-order valence-electron chi connectivity index (χ4n) is 4.35. The molecule has 3 aromatic heterocycles. The van der Waals surface area contributed by atoms with Crippen LogP contribution < -0.4 is 5.32 Å². The van der Waals surface area contributed by atoms with E-state index in [1.807, 2.05) is 41.3 Å². The summed E-state index contributed by atoms with van der Waals surface area (Å²) in [4.78, 5) is 28.1. The molecule has 1 fully saturated rings. The first-order valence-corrected chi connectivity index (χ1v) is 10.8. The predicted molar refractivity (Wildman–Crippen MR) is 123 cm³/mol. The summed E-state index contributed by atoms with van der Waals surface area (Å²) in [7, 11) is 0. The maximum absolute atomic E-state index is 12.1. The normalized spacial score (nSPS) is 18.6. The zero-order valence-corrected chi connectivity index (χ0v) is 18.1. The van der Waals surface area contributed by atoms with Gasteiger partial charge < -0.3 is 10.2 Å². The van der Waals surface area contributed by atoms with Crippen molar-refractivity contribution in [2.75, 3.05) is 11.9 Å². The number of pyridine rings is 1. The number of likely N-dealkylation sites (tertiary alicyclic amines) is 1. The standard InChI is InChI=1S/C24H25N7O/c1-15-8-9-18(14-31(15)16(2)32)24-28-22(17-5-4-10-25-12-17)11-23(29-24)27-20-6-3-7-21-19(20)13-26-30-21/h3-7,10-13,15,18H,8-9,14H2,1-2H3,(H,26,30)(H,27,28,29)/t15-,18+/m0/s1. The highest BCUT2D eigenvalue weighted by molar-refractivity contribution is 5.92. The number of fused-ring (bicyclic) bond motifs is 1. The molecule has 0 radical (unpaired) electrons. The quantitative estimate of drug-likeness (QED) is 0.504. The Bertz CT molecular complexity index is 1250. The van der Waals surface area contributed by atoms with Gasteiger partial charge in [-0.25, -0.2) is 9.97 Å². The average Bonchev–Trinajstić information content (AvgIpc) is 3.30. The van der Waals surface area contributed by atoms with E-state index in [1.54, 1.807) is 25.5 Å². The smallest absolute Gasteiger partial charge is 0.219 e. The molecule has 32 heavy (non-hydrogen) atoms. The van der Waals surface area contributed by atoms with Crippen LogP contribution in [-0.2, 0) is 4.79 Å². The Morgan fingerprint density at radius 3 is 2.88 bits per heavy atom. The number of carbonyl (C=O) groups is 1. The van der Waals surface area contributed by atoms with Crippen LogP contribution in [-0.4, -0.2) is 48.5 Å². The molecule has 1 amide bonds. The van der Waals surface area contributed by atoms with E-state index < -0.39 is 0 Å². The lowest BCUT2D eigenvalue weighted by Gasteiger charge is -2.37. The zero-order valence-electron chi connectivity index (χ0n) is 18.1. The van der Waals surface area contributed by atoms with Gasteiger partial charge in [-0.2, -0.15) is 5.10 Å². The Labute approximate surface area is 186 Å². The predicted octanol–water partition coefficient (Wildman–Crippen LogP) is 4.27. The maximum Gasteiger partial charge on any atom is 0.219 e. The molecule has 0 unspecified atom stereocenters. The second kappa shape index (κ2) is 8.37. The molecular weight excluding hydrogens is 402 g/mol. The molecule has 1 aromatic carbocycles. The van der Waals surface area contributed by atoms with Crippen molar-refractivity contribution in [3.05, 3.63) is 60.8 Å². The Balaban J connectivity index is 1.55. The minimum absolute atomic E-state index is 0.0805. The van der Waals surface area contributed by atoms with Gasteiger partial charge in [0.05, 0.1) is 23.1 Å². The Hall–Kier alpha value is -3.81. The number of amides is 1. The number of carbonyl (C=O) groups excluding carboxylic acids is 1. The summed E-state index contributed by atoms with van der Waals surface area (Å²) < 4.78 is 0. The largest absolute Gasteiger partial charge is 0.340 e. The van der Waals surface area contributed by atoms with Crippen LogP contribution in [0.3, 0.4) is 0 Å². The number of nitrogens with one attached hydrogen (secondary N) is 2. The number of rotatable bonds is 4. The van der Waals surface area contributed by atoms with Crippen LogP contribution in [0.25, 0.3) is 22.2 Å². The Kier molecular flexibility index (Phi) is 5.26. The molecule has 1 aliphatic heterocycles. The third kappa shape index (κ3) is 3.91. The van der Waals surface area contributed by atoms with Crippen molar-refractivity contribution in [3.63, 3.8) is 0 Å². The van der Waals surface area contributed by atoms with Crippen LogP contribution in [0.5, 0.6) is 0 Å². The van der Waals surface area contributed by atoms with E-state index in [-0.39, 0.29) is 17.9 Å². The highest BCUT2D eigenvalue weighted by Crippen LogP contribution is 2.32. The van der Waals surface area contributed by atoms with Gasteiger partial charge in [0.1, 0.15) is 11.6 Å². The second-order valence-corrected chi connectivity index (χ2v) is 8.29. The van der Waals surface area contributed by atoms with Crippen LogP contribution in [0.2, 0.25) is 0 Å². The van der Waals surface area contributed by atoms with Crippen molar-refractivity contribution in [3.8, 4) is 11.3 Å². The van der Waals surface area contributed by atoms with Crippen molar-refractivity contribution in [2.24, 2.45) is 0 Å². The van der Waals surface area contributed by atoms with Crippen LogP contribution in [0.4, 0.5) is 11.5 Å². The van der Waals surface area contributed by atoms with Crippen LogP contribution in [0.15, 0.2) is 55.0 Å². The third-order valence-corrected chi connectivity index (χ3v) is 6.10. The van der Waals surface area contributed by atoms with Gasteiger partial charge in [0.2, 0.25) is 5.91 Å². The number of H-pyrrole nitrogens is 1. The van der Waals surface area contributed by atoms with Gasteiger partial charge >= 0.3 is 0 Å². The van der Waals surface area contributed by atoms with Gasteiger partial charge in [0.15, 0.2) is 0 Å². The lowest BCUT2D eigenvalue weighted by atomic mass is 9.92. The molecule has 4 heterocycles. The topological polar surface area (TPSA) is 99.7 Å². The molecule has 0 bridgehead atoms. The Morgan fingerprint density at radius 2 is 2.06 bits per heavy atom. The van der Waals surface area contributed by atoms with E-state index >= 15 is 0 Å². The van der Waals surface area contributed by atoms with Crippen LogP contribution >= 0.6 is 0 Å². The molecule has 8 heteroatoms. The van der Waals surface area contributed by atoms with E-state index in [4.69, 9.17) is 9.97 Å². The van der Waals surface area contributed by atoms with Crippen molar-refractivity contribution in [1.82, 2.24) is 30.0 Å². The third-order valence-electron chi connectivity index (χ3n) is 6.10. The molecule has 8 nitrogen and oxygen atoms in total. The number of hydrogen-bond acceptors (Lipinski definition) is 6. The highest BCUT2D eigenvalue weighted by atomic mass is 16.2. The SMILES string of the molecule is CC(=O)N1C[C@H](c2nc(Nc3cccc4[nH]ncc34)cc(-c3cccnc3)n2)CC[C@@H]1C. The van der Waals surface area contributed by atoms with Gasteiger partial charge in [-0.15, -0.1) is 0 Å². The molecular formula is C24H25N7O. The van der Waals surface area contributed by atoms with Gasteiger partial charge in [-0.1, -0.05) is 6.07 Å². The molecule has 4 aromatic rings. The average molecular weight is 428 g/mol. The summed E-state index contributed by atoms with van der Waals surface area (Å²) in [5.41, 5.74) is 3.60. The van der Waals surface area contributed by atoms with Gasteiger partial charge in [-0.3, -0.25) is 14.9 Å². The summed E-state index contributed by atoms with van der Waals surface area (Å²) in [6.07, 6.45) is 7.23. The van der Waals surface area contributed by atoms with Crippen LogP contribution in [0, 0.1) is 0 Å². The minimum Gasteiger partial charge on any atom is -0.340 e. The van der Waals surface area contributed by atoms with E-state index in [2.05, 4.69) is 27.4 Å². The van der Waals surface area contributed by atoms with Gasteiger partial charge in [-0.05, 0) is 44.0 Å². The lowest BCUT2D eigenvalue weighted by molar-refractivity contribution is -0.132. The number of anilines is 2. The number of nitrogens with zero attached hydrogens (tertiary/aromatic N) is 5. The number of aromatic nitrogens is 5. The Morgan fingerprint density at radius 1 is 1.16 bits per heavy atom. The summed E-state index contributed by atoms with van der Waals surface area (Å²) in [6, 6.07) is 12.0. The lowest BCUT2D eigenvalue weighted by Crippen LogP contribution is -2.44. The number of hydrogen-bond donors (Lipinski definition) is 2. The van der Waals surface area contributed by atoms with Crippen molar-refractivity contribution in [1.29, 1.82) is 0 Å². The number of benzene rings is 1. The van der Waals surface area contributed by atoms with Gasteiger partial charge in [0, 0.05) is 54.8 Å². The molecule has 5 rings (SSSR count). The molecule has 1 saturated heterocycles. The molecule has 2 N–H and O–H groups in total. The minimum atomic E-state index is 0.0805. The van der Waals surface area contributed by atoms with Crippen LogP contribution in [0.1, 0.15) is 38.4 Å². The monoisotopic (exact) mass is 427 g/mol. The highest BCUT2D eigenvalue weighted by Gasteiger charge is 2.30. The van der Waals surface area contributed by atoms with E-state index in [0.717, 1.165) is 46.5 Å². The van der Waals surface area contributed by atoms with E-state index in [9.17, 15) is 4.79 Å². The first-order chi connectivity index (χ1) is 15.6. The van der Waals surface area contributed by atoms with Crippen molar-refractivity contribution < 1.29 is 4.79 Å². The molecule has 162 valence electrons. The fourth-order valence-corrected chi connectivity index (χ4v) is 4.35. The summed E-state index contributed by atoms with van der Waals surface area (Å²) in [5, 5.41) is 11.6. The first kappa shape index (κ1) is 20.1. The number of piperidine rings is 1. The first-order valence-electron chi connectivity index (χ1n) is 10.8. The fraction of sp³-hybridized carbons (Fsp3) is 0.292. The number of aromatic amines is 1. The van der Waals surface area contributed by atoms with Crippen molar-refractivity contribution in [2.45, 2.75) is 38.6 Å². The molecule has 0 saturated carbocycles. The second-order valence-electron chi connectivity index (χ2n) is 8.29. The maximum atomic E-state index is 12.1. The van der Waals surface area contributed by atoms with Crippen molar-refractivity contribution >= 4 is 28.3 Å². The molecule has 0 spiro atoms. The summed E-state index contributed by atoms with van der Waals surface area (Å²) in [6.45, 7) is 4.36. The molecule has 0 aliphatic carbocycles. The molecule has 1 aliphatic rings. The summed E-state index contributed by atoms with van der Waals surface area (Å²) >= 11 is 0. The summed E-state index contributed by atoms with van der Waals surface area (Å²) in [5.74, 6) is 1.62. The van der Waals surface area contributed by atoms with Gasteiger partial charge in [0.25, 0.3) is 0 Å². The zero-order chi connectivity index (χ0) is 22.1.